The third-order valence-electron chi connectivity index (χ3n) is 3.15. The van der Waals surface area contributed by atoms with E-state index in [1.165, 1.54) is 29.9 Å². The molecule has 1 aromatic heterocycles. The molecule has 124 valence electrons. The molecule has 0 aliphatic carbocycles. The molecule has 0 spiro atoms. The molecule has 0 atom stereocenters. The zero-order valence-corrected chi connectivity index (χ0v) is 14.0. The number of carbonyl (C=O) groups excluding carboxylic acids is 2. The minimum Gasteiger partial charge on any atom is -0.465 e. The Morgan fingerprint density at radius 3 is 2.50 bits per heavy atom. The molecule has 2 aromatic rings. The van der Waals surface area contributed by atoms with E-state index in [0.717, 1.165) is 0 Å². The van der Waals surface area contributed by atoms with Crippen molar-refractivity contribution >= 4 is 17.7 Å². The number of carbonyl (C=O) groups is 2. The Hall–Kier alpha value is -3.07. The fourth-order valence-corrected chi connectivity index (χ4v) is 2.15. The zero-order valence-electron chi connectivity index (χ0n) is 14.0. The van der Waals surface area contributed by atoms with Crippen molar-refractivity contribution in [2.45, 2.75) is 26.4 Å². The largest absolute Gasteiger partial charge is 0.465 e. The molecule has 2 rings (SSSR count). The number of hydrogen-bond donors (Lipinski definition) is 0. The van der Waals surface area contributed by atoms with Crippen LogP contribution in [0.25, 0.3) is 16.1 Å². The molecule has 0 radical (unpaired) electrons. The summed E-state index contributed by atoms with van der Waals surface area (Å²) >= 11 is 0. The van der Waals surface area contributed by atoms with Crippen molar-refractivity contribution in [2.24, 2.45) is 0 Å². The van der Waals surface area contributed by atoms with Crippen LogP contribution in [0.4, 0.5) is 10.5 Å². The van der Waals surface area contributed by atoms with Crippen molar-refractivity contribution in [3.05, 3.63) is 53.5 Å². The maximum Gasteiger partial charge on any atom is 0.418 e. The predicted octanol–water partition coefficient (Wildman–Crippen LogP) is 4.28. The Balaban J connectivity index is 2.53. The van der Waals surface area contributed by atoms with Gasteiger partial charge in [-0.15, -0.1) is 0 Å². The summed E-state index contributed by atoms with van der Waals surface area (Å²) in [5, 5.41) is 0. The van der Waals surface area contributed by atoms with Crippen molar-refractivity contribution in [3.63, 3.8) is 0 Å². The highest BCUT2D eigenvalue weighted by Gasteiger charge is 2.21. The van der Waals surface area contributed by atoms with Crippen LogP contribution in [-0.2, 0) is 9.47 Å². The predicted molar refractivity (Wildman–Crippen MR) is 89.1 cm³/mol. The van der Waals surface area contributed by atoms with Gasteiger partial charge in [0.05, 0.1) is 19.2 Å². The maximum absolute atomic E-state index is 12.4. The van der Waals surface area contributed by atoms with Crippen molar-refractivity contribution < 1.29 is 19.1 Å². The van der Waals surface area contributed by atoms with E-state index in [1.807, 2.05) is 0 Å². The molecule has 0 saturated heterocycles. The second kappa shape index (κ2) is 6.59. The van der Waals surface area contributed by atoms with E-state index >= 15 is 0 Å². The average molecular weight is 326 g/mol. The fraction of sp³-hybridized carbons (Fsp3) is 0.278. The number of nitrogens with zero attached hydrogens (tertiary/aromatic N) is 2. The molecule has 0 aliphatic heterocycles. The number of hydrogen-bond acceptors (Lipinski definition) is 4. The molecule has 6 nitrogen and oxygen atoms in total. The van der Waals surface area contributed by atoms with E-state index in [0.29, 0.717) is 22.5 Å². The van der Waals surface area contributed by atoms with E-state index in [2.05, 4.69) is 4.85 Å². The van der Waals surface area contributed by atoms with Crippen molar-refractivity contribution in [3.8, 4) is 11.3 Å². The third-order valence-corrected chi connectivity index (χ3v) is 3.15. The fourth-order valence-electron chi connectivity index (χ4n) is 2.15. The zero-order chi connectivity index (χ0) is 17.9. The number of rotatable bonds is 2. The molecule has 6 heteroatoms. The first-order chi connectivity index (χ1) is 11.3. The van der Waals surface area contributed by atoms with E-state index in [9.17, 15) is 9.59 Å². The van der Waals surface area contributed by atoms with Crippen LogP contribution >= 0.6 is 0 Å². The maximum atomic E-state index is 12.4. The van der Waals surface area contributed by atoms with Crippen LogP contribution in [-0.4, -0.2) is 29.3 Å². The minimum atomic E-state index is -0.644. The molecular weight excluding hydrogens is 308 g/mol. The van der Waals surface area contributed by atoms with Crippen LogP contribution < -0.4 is 0 Å². The first-order valence-electron chi connectivity index (χ1n) is 7.27. The van der Waals surface area contributed by atoms with Crippen LogP contribution in [0, 0.1) is 6.57 Å². The highest BCUT2D eigenvalue weighted by Crippen LogP contribution is 2.32. The first-order valence-corrected chi connectivity index (χ1v) is 7.27. The lowest BCUT2D eigenvalue weighted by molar-refractivity contribution is 0.0539. The lowest BCUT2D eigenvalue weighted by Crippen LogP contribution is -2.27. The quantitative estimate of drug-likeness (QED) is 0.610. The van der Waals surface area contributed by atoms with E-state index in [-0.39, 0.29) is 0 Å². The van der Waals surface area contributed by atoms with Crippen LogP contribution in [0.1, 0.15) is 31.1 Å². The van der Waals surface area contributed by atoms with Gasteiger partial charge < -0.3 is 9.47 Å². The van der Waals surface area contributed by atoms with E-state index < -0.39 is 17.7 Å². The van der Waals surface area contributed by atoms with Crippen LogP contribution in [0.3, 0.4) is 0 Å². The second-order valence-corrected chi connectivity index (χ2v) is 6.08. The van der Waals surface area contributed by atoms with E-state index in [4.69, 9.17) is 16.0 Å². The number of benzene rings is 1. The second-order valence-electron chi connectivity index (χ2n) is 6.08. The lowest BCUT2D eigenvalue weighted by Gasteiger charge is -2.20. The minimum absolute atomic E-state index is 0.303. The van der Waals surface area contributed by atoms with Gasteiger partial charge in [0.2, 0.25) is 0 Å². The Kier molecular flexibility index (Phi) is 4.74. The molecule has 1 heterocycles. The van der Waals surface area contributed by atoms with Crippen molar-refractivity contribution in [1.82, 2.24) is 4.57 Å². The van der Waals surface area contributed by atoms with Gasteiger partial charge in [-0.3, -0.25) is 4.57 Å². The van der Waals surface area contributed by atoms with Gasteiger partial charge in [0, 0.05) is 17.5 Å². The smallest absolute Gasteiger partial charge is 0.418 e. The molecule has 0 aliphatic rings. The third kappa shape index (κ3) is 3.63. The van der Waals surface area contributed by atoms with Gasteiger partial charge in [-0.2, -0.15) is 0 Å². The Bertz CT molecular complexity index is 822. The number of esters is 1. The standard InChI is InChI=1S/C18H18N2O4/c1-18(2,3)24-17(22)20-10-6-7-15(20)13-11-12(16(21)23-5)8-9-14(13)19-4/h6-11H,1-3,5H3. The van der Waals surface area contributed by atoms with Gasteiger partial charge in [-0.05, 0) is 39.0 Å². The molecule has 0 bridgehead atoms. The van der Waals surface area contributed by atoms with Crippen LogP contribution in [0.2, 0.25) is 0 Å². The van der Waals surface area contributed by atoms with Gasteiger partial charge in [0.25, 0.3) is 0 Å². The summed E-state index contributed by atoms with van der Waals surface area (Å²) in [6, 6.07) is 7.95. The Morgan fingerprint density at radius 1 is 1.21 bits per heavy atom. The molecule has 0 fully saturated rings. The number of aromatic nitrogens is 1. The highest BCUT2D eigenvalue weighted by molar-refractivity contribution is 5.94. The molecule has 0 N–H and O–H groups in total. The summed E-state index contributed by atoms with van der Waals surface area (Å²) in [7, 11) is 1.29. The summed E-state index contributed by atoms with van der Waals surface area (Å²) in [4.78, 5) is 27.6. The first kappa shape index (κ1) is 17.3. The Morgan fingerprint density at radius 2 is 1.92 bits per heavy atom. The number of methoxy groups -OCH3 is 1. The highest BCUT2D eigenvalue weighted by atomic mass is 16.6. The molecule has 1 aromatic carbocycles. The van der Waals surface area contributed by atoms with Gasteiger partial charge in [0.1, 0.15) is 5.60 Å². The summed E-state index contributed by atoms with van der Waals surface area (Å²) in [5.74, 6) is -0.511. The molecule has 0 saturated carbocycles. The molecule has 0 amide bonds. The van der Waals surface area contributed by atoms with E-state index in [1.54, 1.807) is 39.1 Å². The summed E-state index contributed by atoms with van der Waals surface area (Å²) in [6.07, 6.45) is 1.00. The molecular formula is C18H18N2O4. The monoisotopic (exact) mass is 326 g/mol. The van der Waals surface area contributed by atoms with Crippen molar-refractivity contribution in [1.29, 1.82) is 0 Å². The topological polar surface area (TPSA) is 61.9 Å². The van der Waals surface area contributed by atoms with Gasteiger partial charge in [-0.1, -0.05) is 12.1 Å². The molecule has 0 unspecified atom stereocenters. The van der Waals surface area contributed by atoms with Gasteiger partial charge >= 0.3 is 12.1 Å². The summed E-state index contributed by atoms with van der Waals surface area (Å²) < 4.78 is 11.4. The molecule has 24 heavy (non-hydrogen) atoms. The van der Waals surface area contributed by atoms with Crippen LogP contribution in [0.5, 0.6) is 0 Å². The average Bonchev–Trinajstić information content (AvgIpc) is 3.01. The SMILES string of the molecule is [C-]#[N+]c1ccc(C(=O)OC)cc1-c1cccn1C(=O)OC(C)(C)C. The van der Waals surface area contributed by atoms with Crippen LogP contribution in [0.15, 0.2) is 36.5 Å². The lowest BCUT2D eigenvalue weighted by atomic mass is 10.1. The Labute approximate surface area is 140 Å². The van der Waals surface area contributed by atoms with Gasteiger partial charge in [-0.25, -0.2) is 14.4 Å². The summed E-state index contributed by atoms with van der Waals surface area (Å²) in [6.45, 7) is 12.6. The normalized spacial score (nSPS) is 10.8. The summed E-state index contributed by atoms with van der Waals surface area (Å²) in [5.41, 5.74) is 0.919. The van der Waals surface area contributed by atoms with Crippen molar-refractivity contribution in [2.75, 3.05) is 7.11 Å². The van der Waals surface area contributed by atoms with Gasteiger partial charge in [0.15, 0.2) is 5.69 Å². The number of ether oxygens (including phenoxy) is 2.